The van der Waals surface area contributed by atoms with E-state index in [1.54, 1.807) is 25.3 Å². The molecule has 0 spiro atoms. The summed E-state index contributed by atoms with van der Waals surface area (Å²) < 4.78 is 6.56. The van der Waals surface area contributed by atoms with E-state index < -0.39 is 5.97 Å². The fraction of sp³-hybridized carbons (Fsp3) is 0.231. The quantitative estimate of drug-likeness (QED) is 0.888. The minimum Gasteiger partial charge on any atom is -0.497 e. The molecule has 0 bridgehead atoms. The van der Waals surface area contributed by atoms with Gasteiger partial charge in [-0.3, -0.25) is 9.59 Å². The van der Waals surface area contributed by atoms with Gasteiger partial charge < -0.3 is 14.4 Å². The number of ether oxygens (including phenoxy) is 1. The highest BCUT2D eigenvalue weighted by Gasteiger charge is 2.06. The fourth-order valence-electron chi connectivity index (χ4n) is 1.83. The molecule has 0 amide bonds. The van der Waals surface area contributed by atoms with Gasteiger partial charge in [0.1, 0.15) is 5.75 Å². The number of nitrogens with zero attached hydrogens (tertiary/aromatic N) is 1. The number of carboxylic acids is 1. The minimum absolute atomic E-state index is 0.0871. The van der Waals surface area contributed by atoms with E-state index in [0.29, 0.717) is 11.3 Å². The van der Waals surface area contributed by atoms with Gasteiger partial charge in [-0.2, -0.15) is 0 Å². The number of aromatic nitrogens is 1. The summed E-state index contributed by atoms with van der Waals surface area (Å²) in [5.74, 6) is -0.293. The van der Waals surface area contributed by atoms with E-state index >= 15 is 0 Å². The molecule has 0 saturated carbocycles. The summed E-state index contributed by atoms with van der Waals surface area (Å²) >= 11 is 0. The molecule has 2 rings (SSSR count). The Labute approximate surface area is 103 Å². The van der Waals surface area contributed by atoms with Crippen LogP contribution < -0.4 is 10.3 Å². The first-order valence-electron chi connectivity index (χ1n) is 5.51. The zero-order valence-corrected chi connectivity index (χ0v) is 9.92. The van der Waals surface area contributed by atoms with Crippen molar-refractivity contribution in [3.05, 3.63) is 40.7 Å². The first-order valence-corrected chi connectivity index (χ1v) is 5.51. The van der Waals surface area contributed by atoms with Gasteiger partial charge >= 0.3 is 5.97 Å². The highest BCUT2D eigenvalue weighted by molar-refractivity contribution is 5.80. The molecule has 1 aromatic heterocycles. The van der Waals surface area contributed by atoms with Crippen molar-refractivity contribution >= 4 is 16.9 Å². The summed E-state index contributed by atoms with van der Waals surface area (Å²) in [7, 11) is 1.55. The van der Waals surface area contributed by atoms with Crippen LogP contribution in [-0.4, -0.2) is 22.8 Å². The average molecular weight is 247 g/mol. The maximum atomic E-state index is 11.8. The van der Waals surface area contributed by atoms with Crippen molar-refractivity contribution in [1.82, 2.24) is 4.57 Å². The van der Waals surface area contributed by atoms with Crippen molar-refractivity contribution in [2.75, 3.05) is 7.11 Å². The largest absolute Gasteiger partial charge is 0.497 e. The van der Waals surface area contributed by atoms with Crippen LogP contribution in [0.2, 0.25) is 0 Å². The molecule has 2 aromatic rings. The van der Waals surface area contributed by atoms with Crippen LogP contribution in [0.15, 0.2) is 35.1 Å². The maximum absolute atomic E-state index is 11.8. The average Bonchev–Trinajstić information content (AvgIpc) is 2.36. The number of carboxylic acid groups (broad SMARTS) is 1. The van der Waals surface area contributed by atoms with E-state index in [9.17, 15) is 9.59 Å². The molecule has 0 aliphatic carbocycles. The highest BCUT2D eigenvalue weighted by atomic mass is 16.5. The number of aryl methyl sites for hydroxylation is 1. The van der Waals surface area contributed by atoms with Crippen LogP contribution >= 0.6 is 0 Å². The van der Waals surface area contributed by atoms with Crippen LogP contribution in [0, 0.1) is 0 Å². The van der Waals surface area contributed by atoms with Crippen LogP contribution in [0.3, 0.4) is 0 Å². The Hall–Kier alpha value is -2.30. The van der Waals surface area contributed by atoms with Gasteiger partial charge in [-0.1, -0.05) is 0 Å². The van der Waals surface area contributed by atoms with E-state index in [4.69, 9.17) is 9.84 Å². The van der Waals surface area contributed by atoms with Gasteiger partial charge in [0.05, 0.1) is 19.0 Å². The van der Waals surface area contributed by atoms with E-state index in [1.165, 1.54) is 10.6 Å². The van der Waals surface area contributed by atoms with Crippen LogP contribution in [0.4, 0.5) is 0 Å². The van der Waals surface area contributed by atoms with Crippen molar-refractivity contribution < 1.29 is 14.6 Å². The molecule has 5 heteroatoms. The molecule has 1 N–H and O–H groups in total. The summed E-state index contributed by atoms with van der Waals surface area (Å²) in [5.41, 5.74) is 0.472. The second kappa shape index (κ2) is 4.91. The van der Waals surface area contributed by atoms with Gasteiger partial charge in [-0.05, 0) is 23.6 Å². The van der Waals surface area contributed by atoms with Gasteiger partial charge in [0.2, 0.25) is 0 Å². The summed E-state index contributed by atoms with van der Waals surface area (Å²) in [6, 6.07) is 8.53. The lowest BCUT2D eigenvalue weighted by atomic mass is 10.2. The molecule has 0 saturated heterocycles. The van der Waals surface area contributed by atoms with Crippen molar-refractivity contribution in [3.63, 3.8) is 0 Å². The minimum atomic E-state index is -0.929. The van der Waals surface area contributed by atoms with Crippen molar-refractivity contribution in [1.29, 1.82) is 0 Å². The number of hydrogen-bond acceptors (Lipinski definition) is 3. The lowest BCUT2D eigenvalue weighted by Crippen LogP contribution is -2.20. The molecule has 5 nitrogen and oxygen atoms in total. The highest BCUT2D eigenvalue weighted by Crippen LogP contribution is 2.19. The number of carbonyl (C=O) groups is 1. The van der Waals surface area contributed by atoms with Crippen LogP contribution in [0.5, 0.6) is 5.75 Å². The Morgan fingerprint density at radius 1 is 1.33 bits per heavy atom. The predicted octanol–water partition coefficient (Wildman–Crippen LogP) is 1.48. The number of benzene rings is 1. The summed E-state index contributed by atoms with van der Waals surface area (Å²) in [6.45, 7) is 0.151. The molecule has 94 valence electrons. The SMILES string of the molecule is COc1ccc2ccc(=O)n(CCC(=O)O)c2c1. The smallest absolute Gasteiger partial charge is 0.305 e. The van der Waals surface area contributed by atoms with Crippen LogP contribution in [0.25, 0.3) is 10.9 Å². The Kier molecular flexibility index (Phi) is 3.32. The number of rotatable bonds is 4. The van der Waals surface area contributed by atoms with Gasteiger partial charge in [0, 0.05) is 18.7 Å². The maximum Gasteiger partial charge on any atom is 0.305 e. The van der Waals surface area contributed by atoms with Crippen molar-refractivity contribution in [3.8, 4) is 5.75 Å². The lowest BCUT2D eigenvalue weighted by Gasteiger charge is -2.10. The van der Waals surface area contributed by atoms with Gasteiger partial charge in [-0.15, -0.1) is 0 Å². The first kappa shape index (κ1) is 12.2. The topological polar surface area (TPSA) is 68.5 Å². The van der Waals surface area contributed by atoms with E-state index in [1.807, 2.05) is 6.07 Å². The molecule has 0 atom stereocenters. The number of hydrogen-bond donors (Lipinski definition) is 1. The summed E-state index contributed by atoms with van der Waals surface area (Å²) in [5, 5.41) is 9.57. The van der Waals surface area contributed by atoms with E-state index in [2.05, 4.69) is 0 Å². The molecule has 18 heavy (non-hydrogen) atoms. The van der Waals surface area contributed by atoms with Gasteiger partial charge in [-0.25, -0.2) is 0 Å². The second-order valence-electron chi connectivity index (χ2n) is 3.89. The van der Waals surface area contributed by atoms with Gasteiger partial charge in [0.15, 0.2) is 0 Å². The predicted molar refractivity (Wildman–Crippen MR) is 67.0 cm³/mol. The van der Waals surface area contributed by atoms with Gasteiger partial charge in [0.25, 0.3) is 5.56 Å². The molecular formula is C13H13NO4. The van der Waals surface area contributed by atoms with Crippen LogP contribution in [0.1, 0.15) is 6.42 Å². The lowest BCUT2D eigenvalue weighted by molar-refractivity contribution is -0.137. The standard InChI is InChI=1S/C13H13NO4/c1-18-10-4-2-9-3-5-12(15)14(11(9)8-10)7-6-13(16)17/h2-5,8H,6-7H2,1H3,(H,16,17). The van der Waals surface area contributed by atoms with E-state index in [-0.39, 0.29) is 18.5 Å². The fourth-order valence-corrected chi connectivity index (χ4v) is 1.83. The molecule has 0 aliphatic rings. The number of methoxy groups -OCH3 is 1. The normalized spacial score (nSPS) is 10.5. The van der Waals surface area contributed by atoms with Crippen LogP contribution in [-0.2, 0) is 11.3 Å². The molecule has 0 fully saturated rings. The first-order chi connectivity index (χ1) is 8.61. The Balaban J connectivity index is 2.56. The monoisotopic (exact) mass is 247 g/mol. The molecule has 0 radical (unpaired) electrons. The summed E-state index contributed by atoms with van der Waals surface area (Å²) in [4.78, 5) is 22.4. The summed E-state index contributed by atoms with van der Waals surface area (Å²) in [6.07, 6.45) is -0.0871. The molecule has 1 heterocycles. The zero-order chi connectivity index (χ0) is 13.1. The Morgan fingerprint density at radius 3 is 2.72 bits per heavy atom. The number of aliphatic carboxylic acids is 1. The second-order valence-corrected chi connectivity index (χ2v) is 3.89. The zero-order valence-electron chi connectivity index (χ0n) is 9.92. The third-order valence-corrected chi connectivity index (χ3v) is 2.75. The Morgan fingerprint density at radius 2 is 2.06 bits per heavy atom. The van der Waals surface area contributed by atoms with Crippen molar-refractivity contribution in [2.24, 2.45) is 0 Å². The number of pyridine rings is 1. The molecule has 0 unspecified atom stereocenters. The third kappa shape index (κ3) is 2.34. The van der Waals surface area contributed by atoms with Crippen molar-refractivity contribution in [2.45, 2.75) is 13.0 Å². The molecular weight excluding hydrogens is 234 g/mol. The van der Waals surface area contributed by atoms with E-state index in [0.717, 1.165) is 5.39 Å². The number of fused-ring (bicyclic) bond motifs is 1. The third-order valence-electron chi connectivity index (χ3n) is 2.75. The molecule has 0 aliphatic heterocycles. The Bertz CT molecular complexity index is 645. The molecule has 1 aromatic carbocycles.